The second-order valence-electron chi connectivity index (χ2n) is 16.0. The van der Waals surface area contributed by atoms with Gasteiger partial charge in [0.25, 0.3) is 0 Å². The van der Waals surface area contributed by atoms with E-state index in [0.29, 0.717) is 60.1 Å². The predicted molar refractivity (Wildman–Crippen MR) is 153 cm³/mol. The van der Waals surface area contributed by atoms with Crippen molar-refractivity contribution in [1.29, 1.82) is 0 Å². The molecule has 0 amide bonds. The van der Waals surface area contributed by atoms with Crippen molar-refractivity contribution in [3.8, 4) is 0 Å². The van der Waals surface area contributed by atoms with Crippen LogP contribution in [-0.4, -0.2) is 104 Å². The minimum Gasteiger partial charge on any atom is -0.394 e. The minimum atomic E-state index is -1.47. The summed E-state index contributed by atoms with van der Waals surface area (Å²) in [6.07, 6.45) is 1.67. The molecule has 0 unspecified atom stereocenters. The van der Waals surface area contributed by atoms with Gasteiger partial charge in [-0.05, 0) is 105 Å². The van der Waals surface area contributed by atoms with Crippen LogP contribution in [0.4, 0.5) is 0 Å². The zero-order valence-corrected chi connectivity index (χ0v) is 25.6. The number of carbonyl (C=O) groups is 1. The summed E-state index contributed by atoms with van der Waals surface area (Å²) in [5, 5.41) is 52.4. The molecule has 5 N–H and O–H groups in total. The summed E-state index contributed by atoms with van der Waals surface area (Å²) < 4.78 is 11.8. The van der Waals surface area contributed by atoms with Crippen molar-refractivity contribution in [3.05, 3.63) is 0 Å². The summed E-state index contributed by atoms with van der Waals surface area (Å²) in [7, 11) is 0. The van der Waals surface area contributed by atoms with Gasteiger partial charge in [0, 0.05) is 31.5 Å². The number of aliphatic hydroxyl groups is 5. The molecule has 3 saturated heterocycles. The standard InChI is InChI=1S/C33H53NO8/c1-16-4-7-27-33(3,40)22-6-5-18-19(21(22)14-34(27)13-16)11-23-20(18)12-25(36)24-10-17(8-9-32(23,24)2)41-31-30(39)29(38)28(37)26(15-35)42-31/h16-24,26-31,35,37-40H,4-15H2,1-3H3/t16-,17-,18+,19+,20-,21-,22-,23-,24+,26+,27-,28+,29-,30+,31+,32+,33-/m0/s1. The highest BCUT2D eigenvalue weighted by Gasteiger charge is 2.64. The lowest BCUT2D eigenvalue weighted by atomic mass is 9.51. The highest BCUT2D eigenvalue weighted by molar-refractivity contribution is 5.83. The maximum Gasteiger partial charge on any atom is 0.186 e. The zero-order valence-electron chi connectivity index (χ0n) is 25.6. The van der Waals surface area contributed by atoms with E-state index in [1.54, 1.807) is 0 Å². The van der Waals surface area contributed by atoms with Crippen LogP contribution in [0.3, 0.4) is 0 Å². The number of ketones is 1. The Kier molecular flexibility index (Phi) is 7.66. The summed E-state index contributed by atoms with van der Waals surface area (Å²) in [6.45, 7) is 8.49. The molecule has 7 fully saturated rings. The highest BCUT2D eigenvalue weighted by atomic mass is 16.7. The van der Waals surface area contributed by atoms with Gasteiger partial charge >= 0.3 is 0 Å². The van der Waals surface area contributed by atoms with Crippen molar-refractivity contribution in [3.63, 3.8) is 0 Å². The lowest BCUT2D eigenvalue weighted by Gasteiger charge is -2.59. The molecule has 17 atom stereocenters. The van der Waals surface area contributed by atoms with Gasteiger partial charge in [0.15, 0.2) is 6.29 Å². The number of ether oxygens (including phenoxy) is 2. The largest absolute Gasteiger partial charge is 0.394 e. The second-order valence-corrected chi connectivity index (χ2v) is 16.0. The lowest BCUT2D eigenvalue weighted by molar-refractivity contribution is -0.315. The van der Waals surface area contributed by atoms with Gasteiger partial charge in [0.1, 0.15) is 30.2 Å². The molecule has 3 aliphatic heterocycles. The van der Waals surface area contributed by atoms with E-state index in [1.807, 2.05) is 0 Å². The van der Waals surface area contributed by atoms with Crippen LogP contribution in [0, 0.1) is 52.8 Å². The molecule has 0 aromatic carbocycles. The first-order valence-electron chi connectivity index (χ1n) is 16.9. The third-order valence-corrected chi connectivity index (χ3v) is 14.0. The predicted octanol–water partition coefficient (Wildman–Crippen LogP) is 1.71. The van der Waals surface area contributed by atoms with Crippen molar-refractivity contribution in [2.45, 2.75) is 127 Å². The van der Waals surface area contributed by atoms with E-state index < -0.39 is 42.9 Å². The Morgan fingerprint density at radius 3 is 2.45 bits per heavy atom. The van der Waals surface area contributed by atoms with E-state index in [-0.39, 0.29) is 23.5 Å². The molecule has 9 heteroatoms. The third kappa shape index (κ3) is 4.50. The molecule has 9 nitrogen and oxygen atoms in total. The van der Waals surface area contributed by atoms with Crippen LogP contribution in [0.25, 0.3) is 0 Å². The van der Waals surface area contributed by atoms with Crippen molar-refractivity contribution < 1.29 is 39.8 Å². The van der Waals surface area contributed by atoms with Crippen LogP contribution in [0.1, 0.15) is 78.6 Å². The molecule has 0 radical (unpaired) electrons. The fraction of sp³-hybridized carbons (Fsp3) is 0.970. The van der Waals surface area contributed by atoms with Gasteiger partial charge in [-0.25, -0.2) is 0 Å². The molecule has 4 aliphatic carbocycles. The van der Waals surface area contributed by atoms with Crippen LogP contribution >= 0.6 is 0 Å². The van der Waals surface area contributed by atoms with Crippen LogP contribution < -0.4 is 0 Å². The number of aliphatic hydroxyl groups excluding tert-OH is 4. The second kappa shape index (κ2) is 10.7. The zero-order chi connectivity index (χ0) is 29.7. The Morgan fingerprint density at radius 2 is 1.69 bits per heavy atom. The molecular weight excluding hydrogens is 538 g/mol. The molecule has 3 heterocycles. The van der Waals surface area contributed by atoms with E-state index in [0.717, 1.165) is 51.6 Å². The maximum atomic E-state index is 13.9. The first-order valence-corrected chi connectivity index (χ1v) is 16.9. The average Bonchev–Trinajstić information content (AvgIpc) is 3.33. The molecule has 42 heavy (non-hydrogen) atoms. The SMILES string of the molecule is C[C@H]1CC[C@@H]2N(C1)C[C@H]1[C@@H]3C[C@H]4[C@@H](CC(=O)[C@H]5C[C@@H](O[C@@H]6O[C@H](CO)[C@@H](O)[C@H](O)[C@H]6O)CC[C@@]54C)[C@@H]3CC[C@@H]1[C@]2(C)O. The fourth-order valence-corrected chi connectivity index (χ4v) is 11.8. The molecule has 4 saturated carbocycles. The molecule has 0 aromatic heterocycles. The Labute approximate surface area is 249 Å². The van der Waals surface area contributed by atoms with E-state index in [1.165, 1.54) is 6.42 Å². The van der Waals surface area contributed by atoms with Gasteiger partial charge < -0.3 is 35.0 Å². The number of hydrogen-bond acceptors (Lipinski definition) is 9. The number of carbonyl (C=O) groups excluding carboxylic acids is 1. The Morgan fingerprint density at radius 1 is 0.905 bits per heavy atom. The summed E-state index contributed by atoms with van der Waals surface area (Å²) in [5.41, 5.74) is -0.745. The molecular formula is C33H53NO8. The lowest BCUT2D eigenvalue weighted by Crippen LogP contribution is -2.67. The Bertz CT molecular complexity index is 1040. The van der Waals surface area contributed by atoms with Crippen molar-refractivity contribution >= 4 is 5.78 Å². The van der Waals surface area contributed by atoms with E-state index in [4.69, 9.17) is 9.47 Å². The van der Waals surface area contributed by atoms with Gasteiger partial charge in [-0.15, -0.1) is 0 Å². The maximum absolute atomic E-state index is 13.9. The summed E-state index contributed by atoms with van der Waals surface area (Å²) in [5.74, 6) is 3.79. The van der Waals surface area contributed by atoms with Crippen molar-refractivity contribution in [2.24, 2.45) is 52.8 Å². The molecule has 0 bridgehead atoms. The summed E-state index contributed by atoms with van der Waals surface area (Å²) in [6, 6.07) is 0.276. The van der Waals surface area contributed by atoms with Gasteiger partial charge in [-0.1, -0.05) is 13.8 Å². The van der Waals surface area contributed by atoms with Gasteiger partial charge in [-0.3, -0.25) is 9.69 Å². The smallest absolute Gasteiger partial charge is 0.186 e. The molecule has 0 spiro atoms. The van der Waals surface area contributed by atoms with Crippen LogP contribution in [0.15, 0.2) is 0 Å². The quantitative estimate of drug-likeness (QED) is 0.310. The molecule has 238 valence electrons. The average molecular weight is 592 g/mol. The number of fused-ring (bicyclic) bond motifs is 8. The van der Waals surface area contributed by atoms with Crippen molar-refractivity contribution in [2.75, 3.05) is 19.7 Å². The van der Waals surface area contributed by atoms with Gasteiger partial charge in [0.05, 0.1) is 18.3 Å². The van der Waals surface area contributed by atoms with E-state index in [2.05, 4.69) is 25.7 Å². The van der Waals surface area contributed by atoms with Crippen LogP contribution in [0.2, 0.25) is 0 Å². The van der Waals surface area contributed by atoms with E-state index >= 15 is 0 Å². The topological polar surface area (TPSA) is 140 Å². The first-order chi connectivity index (χ1) is 19.9. The monoisotopic (exact) mass is 591 g/mol. The Balaban J connectivity index is 1.07. The van der Waals surface area contributed by atoms with Gasteiger partial charge in [0.2, 0.25) is 0 Å². The number of rotatable bonds is 3. The van der Waals surface area contributed by atoms with Gasteiger partial charge in [-0.2, -0.15) is 0 Å². The number of hydrogen-bond donors (Lipinski definition) is 5. The number of piperidine rings is 2. The number of Topliss-reactive ketones (excluding diaryl/α,β-unsaturated/α-hetero) is 1. The summed E-state index contributed by atoms with van der Waals surface area (Å²) in [4.78, 5) is 16.5. The molecule has 7 aliphatic rings. The first kappa shape index (κ1) is 30.0. The van der Waals surface area contributed by atoms with Crippen molar-refractivity contribution in [1.82, 2.24) is 4.90 Å². The third-order valence-electron chi connectivity index (χ3n) is 14.0. The fourth-order valence-electron chi connectivity index (χ4n) is 11.8. The normalized spacial score (nSPS) is 57.9. The summed E-state index contributed by atoms with van der Waals surface area (Å²) >= 11 is 0. The minimum absolute atomic E-state index is 0.0958. The van der Waals surface area contributed by atoms with Crippen LogP contribution in [-0.2, 0) is 14.3 Å². The Hall–Kier alpha value is -0.650. The van der Waals surface area contributed by atoms with E-state index in [9.17, 15) is 30.3 Å². The highest BCUT2D eigenvalue weighted by Crippen LogP contribution is 2.66. The molecule has 0 aromatic rings. The molecule has 7 rings (SSSR count). The number of nitrogens with zero attached hydrogens (tertiary/aromatic N) is 1. The van der Waals surface area contributed by atoms with Crippen LogP contribution in [0.5, 0.6) is 0 Å².